The number of ether oxygens (including phenoxy) is 1. The van der Waals surface area contributed by atoms with Crippen molar-refractivity contribution in [3.8, 4) is 5.88 Å². The normalized spacial score (nSPS) is 11.8. The maximum Gasteiger partial charge on any atom is 0.512 e. The minimum atomic E-state index is -1.75. The van der Waals surface area contributed by atoms with Crippen molar-refractivity contribution in [1.29, 1.82) is 0 Å². The first-order valence-corrected chi connectivity index (χ1v) is 12.1. The molecule has 1 heterocycles. The number of hydrogen-bond donors (Lipinski definition) is 4. The van der Waals surface area contributed by atoms with Crippen molar-refractivity contribution in [2.45, 2.75) is 38.9 Å². The summed E-state index contributed by atoms with van der Waals surface area (Å²) in [4.78, 5) is 29.1. The zero-order valence-electron chi connectivity index (χ0n) is 17.3. The van der Waals surface area contributed by atoms with Crippen LogP contribution in [0, 0.1) is 0 Å². The van der Waals surface area contributed by atoms with E-state index in [9.17, 15) is 9.59 Å². The number of benzene rings is 1. The maximum absolute atomic E-state index is 12.3. The summed E-state index contributed by atoms with van der Waals surface area (Å²) in [6.45, 7) is 12.4. The number of anilines is 2. The van der Waals surface area contributed by atoms with Gasteiger partial charge in [-0.25, -0.2) is 9.78 Å². The van der Waals surface area contributed by atoms with E-state index in [-0.39, 0.29) is 16.6 Å². The van der Waals surface area contributed by atoms with Crippen molar-refractivity contribution < 1.29 is 23.9 Å². The standard InChI is InChI=1S/C19H28N4O5Si/c1-19(2,3)29(4,5)27-11-10-20-13-6-8-14(9-7-13)23-16(24)15-17(22-12-21-15)28-18(25)26/h6-9,12,20H,10-11H2,1-5H3,(H,21,22)(H,23,24)(H,25,26). The van der Waals surface area contributed by atoms with E-state index in [0.717, 1.165) is 5.69 Å². The molecule has 0 saturated carbocycles. The van der Waals surface area contributed by atoms with Gasteiger partial charge in [-0.2, -0.15) is 0 Å². The Hall–Kier alpha value is -2.85. The number of carbonyl (C=O) groups is 2. The number of H-pyrrole nitrogens is 1. The van der Waals surface area contributed by atoms with Gasteiger partial charge in [0.05, 0.1) is 12.9 Å². The molecular weight excluding hydrogens is 392 g/mol. The molecule has 0 fully saturated rings. The number of carboxylic acid groups (broad SMARTS) is 1. The van der Waals surface area contributed by atoms with E-state index >= 15 is 0 Å². The zero-order valence-corrected chi connectivity index (χ0v) is 18.3. The highest BCUT2D eigenvalue weighted by atomic mass is 28.4. The molecule has 158 valence electrons. The number of imidazole rings is 1. The molecule has 0 unspecified atom stereocenters. The van der Waals surface area contributed by atoms with Crippen LogP contribution in [0.1, 0.15) is 31.3 Å². The molecule has 2 rings (SSSR count). The topological polar surface area (TPSA) is 126 Å². The summed E-state index contributed by atoms with van der Waals surface area (Å²) in [7, 11) is -1.75. The Morgan fingerprint density at radius 3 is 2.38 bits per heavy atom. The molecule has 0 saturated heterocycles. The molecule has 0 aliphatic carbocycles. The molecule has 4 N–H and O–H groups in total. The SMILES string of the molecule is CC(C)(C)[Si](C)(C)OCCNc1ccc(NC(=O)c2[nH]cnc2OC(=O)O)cc1. The van der Waals surface area contributed by atoms with Crippen molar-refractivity contribution >= 4 is 31.8 Å². The van der Waals surface area contributed by atoms with Gasteiger partial charge < -0.3 is 29.9 Å². The van der Waals surface area contributed by atoms with Gasteiger partial charge in [0.25, 0.3) is 11.8 Å². The van der Waals surface area contributed by atoms with E-state index in [0.29, 0.717) is 18.8 Å². The molecule has 0 aliphatic rings. The first-order valence-electron chi connectivity index (χ1n) is 9.23. The molecular formula is C19H28N4O5Si. The number of aromatic amines is 1. The second-order valence-electron chi connectivity index (χ2n) is 8.02. The molecule has 0 aliphatic heterocycles. The molecule has 2 aromatic rings. The Morgan fingerprint density at radius 1 is 1.17 bits per heavy atom. The molecule has 1 aromatic heterocycles. The number of aromatic nitrogens is 2. The number of nitrogens with one attached hydrogen (secondary N) is 3. The van der Waals surface area contributed by atoms with E-state index < -0.39 is 20.4 Å². The van der Waals surface area contributed by atoms with Crippen LogP contribution in [0.15, 0.2) is 30.6 Å². The zero-order chi connectivity index (χ0) is 21.7. The summed E-state index contributed by atoms with van der Waals surface area (Å²) >= 11 is 0. The van der Waals surface area contributed by atoms with Crippen LogP contribution in [0.25, 0.3) is 0 Å². The lowest BCUT2D eigenvalue weighted by Crippen LogP contribution is -2.41. The molecule has 29 heavy (non-hydrogen) atoms. The summed E-state index contributed by atoms with van der Waals surface area (Å²) in [5, 5.41) is 14.8. The van der Waals surface area contributed by atoms with E-state index in [4.69, 9.17) is 9.53 Å². The third kappa shape index (κ3) is 6.33. The van der Waals surface area contributed by atoms with E-state index in [1.807, 2.05) is 12.1 Å². The Labute approximate surface area is 171 Å². The van der Waals surface area contributed by atoms with Gasteiger partial charge in [0.1, 0.15) is 0 Å². The fraction of sp³-hybridized carbons (Fsp3) is 0.421. The molecule has 0 spiro atoms. The largest absolute Gasteiger partial charge is 0.512 e. The van der Waals surface area contributed by atoms with Crippen LogP contribution in [0.2, 0.25) is 18.1 Å². The predicted octanol–water partition coefficient (Wildman–Crippen LogP) is 4.15. The third-order valence-electron chi connectivity index (χ3n) is 4.86. The number of amides is 1. The Kier molecular flexibility index (Phi) is 7.04. The van der Waals surface area contributed by atoms with Crippen molar-refractivity contribution in [2.24, 2.45) is 0 Å². The number of rotatable bonds is 8. The molecule has 0 radical (unpaired) electrons. The van der Waals surface area contributed by atoms with Gasteiger partial charge in [-0.15, -0.1) is 0 Å². The van der Waals surface area contributed by atoms with Gasteiger partial charge in [-0.3, -0.25) is 4.79 Å². The fourth-order valence-corrected chi connectivity index (χ4v) is 3.23. The molecule has 1 aromatic carbocycles. The predicted molar refractivity (Wildman–Crippen MR) is 113 cm³/mol. The average Bonchev–Trinajstić information content (AvgIpc) is 3.06. The monoisotopic (exact) mass is 420 g/mol. The molecule has 0 atom stereocenters. The molecule has 10 heteroatoms. The van der Waals surface area contributed by atoms with Crippen LogP contribution < -0.4 is 15.4 Å². The fourth-order valence-electron chi connectivity index (χ4n) is 2.19. The Bertz CT molecular complexity index is 843. The number of hydrogen-bond acceptors (Lipinski definition) is 6. The first kappa shape index (κ1) is 22.4. The van der Waals surface area contributed by atoms with E-state index in [1.165, 1.54) is 6.33 Å². The van der Waals surface area contributed by atoms with E-state index in [2.05, 4.69) is 59.2 Å². The highest BCUT2D eigenvalue weighted by Crippen LogP contribution is 2.36. The summed E-state index contributed by atoms with van der Waals surface area (Å²) in [6, 6.07) is 7.15. The van der Waals surface area contributed by atoms with Crippen molar-refractivity contribution in [2.75, 3.05) is 23.8 Å². The smallest absolute Gasteiger partial charge is 0.449 e. The van der Waals surface area contributed by atoms with E-state index in [1.54, 1.807) is 12.1 Å². The van der Waals surface area contributed by atoms with Crippen LogP contribution in [0.4, 0.5) is 16.2 Å². The van der Waals surface area contributed by atoms with Gasteiger partial charge in [0, 0.05) is 17.9 Å². The molecule has 0 bridgehead atoms. The van der Waals surface area contributed by atoms with Gasteiger partial charge in [-0.1, -0.05) is 20.8 Å². The van der Waals surface area contributed by atoms with Crippen molar-refractivity contribution in [3.63, 3.8) is 0 Å². The second-order valence-corrected chi connectivity index (χ2v) is 12.8. The lowest BCUT2D eigenvalue weighted by atomic mass is 10.2. The van der Waals surface area contributed by atoms with Crippen LogP contribution >= 0.6 is 0 Å². The van der Waals surface area contributed by atoms with Crippen LogP contribution in [-0.4, -0.2) is 48.6 Å². The highest BCUT2D eigenvalue weighted by molar-refractivity contribution is 6.74. The number of nitrogens with zero attached hydrogens (tertiary/aromatic N) is 1. The first-order chi connectivity index (χ1) is 13.5. The third-order valence-corrected chi connectivity index (χ3v) is 9.40. The Morgan fingerprint density at radius 2 is 1.79 bits per heavy atom. The summed E-state index contributed by atoms with van der Waals surface area (Å²) < 4.78 is 10.6. The van der Waals surface area contributed by atoms with Crippen LogP contribution in [-0.2, 0) is 4.43 Å². The summed E-state index contributed by atoms with van der Waals surface area (Å²) in [5.74, 6) is -0.850. The highest BCUT2D eigenvalue weighted by Gasteiger charge is 2.36. The lowest BCUT2D eigenvalue weighted by molar-refractivity contribution is 0.101. The van der Waals surface area contributed by atoms with Gasteiger partial charge >= 0.3 is 6.16 Å². The second kappa shape index (κ2) is 9.10. The van der Waals surface area contributed by atoms with Gasteiger partial charge in [-0.05, 0) is 42.4 Å². The lowest BCUT2D eigenvalue weighted by Gasteiger charge is -2.36. The average molecular weight is 421 g/mol. The quantitative estimate of drug-likeness (QED) is 0.287. The molecule has 9 nitrogen and oxygen atoms in total. The van der Waals surface area contributed by atoms with Crippen LogP contribution in [0.5, 0.6) is 5.88 Å². The van der Waals surface area contributed by atoms with Gasteiger partial charge in [0.2, 0.25) is 0 Å². The summed E-state index contributed by atoms with van der Waals surface area (Å²) in [6.07, 6.45) is -0.356. The van der Waals surface area contributed by atoms with Crippen molar-refractivity contribution in [1.82, 2.24) is 9.97 Å². The van der Waals surface area contributed by atoms with Crippen LogP contribution in [0.3, 0.4) is 0 Å². The Balaban J connectivity index is 1.85. The maximum atomic E-state index is 12.3. The minimum Gasteiger partial charge on any atom is -0.449 e. The van der Waals surface area contributed by atoms with Crippen molar-refractivity contribution in [3.05, 3.63) is 36.3 Å². The minimum absolute atomic E-state index is 0.0719. The number of carbonyl (C=O) groups excluding carboxylic acids is 1. The summed E-state index contributed by atoms with van der Waals surface area (Å²) in [5.41, 5.74) is 1.38. The molecule has 1 amide bonds. The van der Waals surface area contributed by atoms with Gasteiger partial charge in [0.15, 0.2) is 14.0 Å².